The van der Waals surface area contributed by atoms with Gasteiger partial charge in [0.25, 0.3) is 0 Å². The molecular formula is C15H22FNO3. The van der Waals surface area contributed by atoms with E-state index in [9.17, 15) is 9.18 Å². The highest BCUT2D eigenvalue weighted by Gasteiger charge is 2.35. The molecule has 0 aliphatic rings. The second-order valence-corrected chi connectivity index (χ2v) is 4.89. The van der Waals surface area contributed by atoms with Gasteiger partial charge in [-0.25, -0.2) is 4.39 Å². The van der Waals surface area contributed by atoms with Crippen LogP contribution < -0.4 is 10.1 Å². The molecule has 0 radical (unpaired) electrons. The van der Waals surface area contributed by atoms with Crippen molar-refractivity contribution >= 4 is 5.97 Å². The van der Waals surface area contributed by atoms with E-state index in [-0.39, 0.29) is 17.9 Å². The summed E-state index contributed by atoms with van der Waals surface area (Å²) in [5, 5.41) is 2.96. The first-order chi connectivity index (χ1) is 9.41. The van der Waals surface area contributed by atoms with Crippen molar-refractivity contribution < 1.29 is 18.7 Å². The predicted molar refractivity (Wildman–Crippen MR) is 75.2 cm³/mol. The Balaban J connectivity index is 2.67. The molecule has 0 spiro atoms. The fourth-order valence-corrected chi connectivity index (χ4v) is 1.97. The van der Waals surface area contributed by atoms with E-state index < -0.39 is 5.54 Å². The molecule has 1 aromatic rings. The molecule has 0 heterocycles. The molecule has 0 aliphatic carbocycles. The predicted octanol–water partition coefficient (Wildman–Crippen LogP) is 2.52. The average Bonchev–Trinajstić information content (AvgIpc) is 2.38. The molecule has 0 fully saturated rings. The molecule has 5 heteroatoms. The Labute approximate surface area is 119 Å². The number of esters is 1. The number of carbonyl (C=O) groups is 1. The lowest BCUT2D eigenvalue weighted by Gasteiger charge is -2.29. The van der Waals surface area contributed by atoms with E-state index in [2.05, 4.69) is 5.32 Å². The Kier molecular flexibility index (Phi) is 5.95. The minimum Gasteiger partial charge on any atom is -0.491 e. The second-order valence-electron chi connectivity index (χ2n) is 4.89. The van der Waals surface area contributed by atoms with Crippen LogP contribution in [0, 0.1) is 5.82 Å². The molecule has 0 saturated heterocycles. The zero-order valence-corrected chi connectivity index (χ0v) is 12.4. The number of carbonyl (C=O) groups excluding carboxylic acids is 1. The molecule has 1 N–H and O–H groups in total. The quantitative estimate of drug-likeness (QED) is 0.781. The zero-order valence-electron chi connectivity index (χ0n) is 12.4. The van der Waals surface area contributed by atoms with E-state index in [0.29, 0.717) is 18.8 Å². The molecule has 0 aromatic heterocycles. The van der Waals surface area contributed by atoms with Gasteiger partial charge in [-0.15, -0.1) is 0 Å². The van der Waals surface area contributed by atoms with E-state index in [1.54, 1.807) is 33.0 Å². The van der Waals surface area contributed by atoms with Crippen molar-refractivity contribution in [1.29, 1.82) is 0 Å². The van der Waals surface area contributed by atoms with Gasteiger partial charge in [0.2, 0.25) is 0 Å². The third-order valence-corrected chi connectivity index (χ3v) is 3.11. The van der Waals surface area contributed by atoms with Crippen LogP contribution >= 0.6 is 0 Å². The van der Waals surface area contributed by atoms with E-state index in [0.717, 1.165) is 0 Å². The van der Waals surface area contributed by atoms with Crippen molar-refractivity contribution in [1.82, 2.24) is 5.32 Å². The number of hydrogen-bond acceptors (Lipinski definition) is 4. The van der Waals surface area contributed by atoms with Crippen LogP contribution in [0.4, 0.5) is 4.39 Å². The second kappa shape index (κ2) is 7.24. The fraction of sp³-hybridized carbons (Fsp3) is 0.533. The molecule has 0 bridgehead atoms. The summed E-state index contributed by atoms with van der Waals surface area (Å²) in [6.07, 6.45) is 0.150. The first-order valence-corrected chi connectivity index (χ1v) is 6.69. The third-order valence-electron chi connectivity index (χ3n) is 3.11. The van der Waals surface area contributed by atoms with E-state index in [4.69, 9.17) is 9.47 Å². The summed E-state index contributed by atoms with van der Waals surface area (Å²) in [6, 6.07) is 5.94. The maximum Gasteiger partial charge on any atom is 0.326 e. The third kappa shape index (κ3) is 4.49. The highest BCUT2D eigenvalue weighted by atomic mass is 19.1. The maximum atomic E-state index is 13.1. The van der Waals surface area contributed by atoms with Gasteiger partial charge >= 0.3 is 5.97 Å². The van der Waals surface area contributed by atoms with E-state index in [1.165, 1.54) is 12.1 Å². The number of benzene rings is 1. The molecule has 0 aliphatic heterocycles. The number of hydrogen-bond donors (Lipinski definition) is 1. The monoisotopic (exact) mass is 283 g/mol. The van der Waals surface area contributed by atoms with Crippen LogP contribution in [0.25, 0.3) is 0 Å². The lowest BCUT2D eigenvalue weighted by molar-refractivity contribution is -0.151. The van der Waals surface area contributed by atoms with E-state index >= 15 is 0 Å². The normalized spacial score (nSPS) is 15.2. The smallest absolute Gasteiger partial charge is 0.326 e. The van der Waals surface area contributed by atoms with Gasteiger partial charge in [-0.1, -0.05) is 6.07 Å². The number of ether oxygens (including phenoxy) is 2. The van der Waals surface area contributed by atoms with Gasteiger partial charge in [0.1, 0.15) is 17.1 Å². The van der Waals surface area contributed by atoms with Gasteiger partial charge in [0, 0.05) is 12.5 Å². The van der Waals surface area contributed by atoms with Crippen molar-refractivity contribution in [2.45, 2.75) is 38.8 Å². The summed E-state index contributed by atoms with van der Waals surface area (Å²) in [5.41, 5.74) is -0.831. The van der Waals surface area contributed by atoms with Crippen LogP contribution in [0.1, 0.15) is 27.2 Å². The Morgan fingerprint density at radius 1 is 1.50 bits per heavy atom. The van der Waals surface area contributed by atoms with Gasteiger partial charge in [0.15, 0.2) is 0 Å². The van der Waals surface area contributed by atoms with Gasteiger partial charge in [-0.05, 0) is 40.0 Å². The van der Waals surface area contributed by atoms with Crippen molar-refractivity contribution in [2.75, 3.05) is 13.7 Å². The summed E-state index contributed by atoms with van der Waals surface area (Å²) in [6.45, 7) is 5.69. The Morgan fingerprint density at radius 2 is 2.20 bits per heavy atom. The Morgan fingerprint density at radius 3 is 2.75 bits per heavy atom. The molecule has 2 unspecified atom stereocenters. The van der Waals surface area contributed by atoms with Crippen LogP contribution in [0.15, 0.2) is 24.3 Å². The van der Waals surface area contributed by atoms with Crippen molar-refractivity contribution in [3.05, 3.63) is 30.1 Å². The van der Waals surface area contributed by atoms with Gasteiger partial charge in [-0.2, -0.15) is 0 Å². The van der Waals surface area contributed by atoms with Crippen molar-refractivity contribution in [3.8, 4) is 5.75 Å². The first kappa shape index (κ1) is 16.4. The molecule has 112 valence electrons. The highest BCUT2D eigenvalue weighted by Crippen LogP contribution is 2.20. The van der Waals surface area contributed by atoms with Gasteiger partial charge in [-0.3, -0.25) is 4.79 Å². The van der Waals surface area contributed by atoms with Crippen molar-refractivity contribution in [3.63, 3.8) is 0 Å². The minimum atomic E-state index is -0.831. The summed E-state index contributed by atoms with van der Waals surface area (Å²) in [5.74, 6) is -0.228. The number of likely N-dealkylation sites (N-methyl/N-ethyl adjacent to an activating group) is 1. The maximum absolute atomic E-state index is 13.1. The molecule has 4 nitrogen and oxygen atoms in total. The standard InChI is InChI=1S/C15H22FNO3/c1-5-19-14(18)15(3,17-4)10-11(2)20-13-8-6-7-12(16)9-13/h6-9,11,17H,5,10H2,1-4H3. The van der Waals surface area contributed by atoms with Crippen LogP contribution in [0.5, 0.6) is 5.75 Å². The topological polar surface area (TPSA) is 47.6 Å². The summed E-state index contributed by atoms with van der Waals surface area (Å²) in [7, 11) is 1.70. The Hall–Kier alpha value is -1.62. The SMILES string of the molecule is CCOC(=O)C(C)(CC(C)Oc1cccc(F)c1)NC. The molecule has 0 amide bonds. The minimum absolute atomic E-state index is 0.265. The lowest BCUT2D eigenvalue weighted by atomic mass is 9.95. The number of halogens is 1. The summed E-state index contributed by atoms with van der Waals surface area (Å²) in [4.78, 5) is 11.9. The van der Waals surface area contributed by atoms with Gasteiger partial charge < -0.3 is 14.8 Å². The van der Waals surface area contributed by atoms with Crippen LogP contribution in [0.3, 0.4) is 0 Å². The molecule has 1 rings (SSSR count). The largest absolute Gasteiger partial charge is 0.491 e. The van der Waals surface area contributed by atoms with Crippen molar-refractivity contribution in [2.24, 2.45) is 0 Å². The molecule has 2 atom stereocenters. The zero-order chi connectivity index (χ0) is 15.2. The molecule has 0 saturated carbocycles. The highest BCUT2D eigenvalue weighted by molar-refractivity contribution is 5.80. The number of nitrogens with one attached hydrogen (secondary N) is 1. The van der Waals surface area contributed by atoms with E-state index in [1.807, 2.05) is 6.92 Å². The van der Waals surface area contributed by atoms with Crippen LogP contribution in [-0.4, -0.2) is 31.3 Å². The number of rotatable bonds is 7. The summed E-state index contributed by atoms with van der Waals surface area (Å²) < 4.78 is 23.8. The van der Waals surface area contributed by atoms with Crippen LogP contribution in [0.2, 0.25) is 0 Å². The molecular weight excluding hydrogens is 261 g/mol. The Bertz CT molecular complexity index is 452. The summed E-state index contributed by atoms with van der Waals surface area (Å²) >= 11 is 0. The fourth-order valence-electron chi connectivity index (χ4n) is 1.97. The van der Waals surface area contributed by atoms with Crippen LogP contribution in [-0.2, 0) is 9.53 Å². The van der Waals surface area contributed by atoms with Gasteiger partial charge in [0.05, 0.1) is 12.7 Å². The first-order valence-electron chi connectivity index (χ1n) is 6.69. The molecule has 1 aromatic carbocycles. The molecule has 20 heavy (non-hydrogen) atoms. The average molecular weight is 283 g/mol. The lowest BCUT2D eigenvalue weighted by Crippen LogP contribution is -2.51.